The van der Waals surface area contributed by atoms with Gasteiger partial charge in [0.1, 0.15) is 18.1 Å². The van der Waals surface area contributed by atoms with E-state index in [1.54, 1.807) is 0 Å². The Bertz CT molecular complexity index is 672. The second kappa shape index (κ2) is 14.6. The number of unbranched alkanes of at least 4 members (excludes halogenated alkanes) is 1. The summed E-state index contributed by atoms with van der Waals surface area (Å²) in [5, 5.41) is 28.5. The third-order valence-electron chi connectivity index (χ3n) is 5.03. The van der Waals surface area contributed by atoms with Gasteiger partial charge in [-0.2, -0.15) is 12.6 Å². The van der Waals surface area contributed by atoms with Gasteiger partial charge in [0.2, 0.25) is 17.7 Å². The summed E-state index contributed by atoms with van der Waals surface area (Å²) >= 11 is 3.90. The summed E-state index contributed by atoms with van der Waals surface area (Å²) in [6, 6.07) is -3.95. The number of carboxylic acids is 2. The van der Waals surface area contributed by atoms with Crippen LogP contribution in [-0.4, -0.2) is 82.9 Å². The molecule has 1 rings (SSSR count). The monoisotopic (exact) mass is 475 g/mol. The summed E-state index contributed by atoms with van der Waals surface area (Å²) < 4.78 is 0. The number of nitrogens with one attached hydrogen (secondary N) is 4. The van der Waals surface area contributed by atoms with E-state index in [9.17, 15) is 24.0 Å². The third kappa shape index (κ3) is 9.83. The van der Waals surface area contributed by atoms with Crippen LogP contribution in [0.5, 0.6) is 0 Å². The summed E-state index contributed by atoms with van der Waals surface area (Å²) in [5.74, 6) is -4.39. The number of hydrogen-bond acceptors (Lipinski definition) is 8. The fourth-order valence-corrected chi connectivity index (χ4v) is 3.46. The summed E-state index contributed by atoms with van der Waals surface area (Å²) in [6.07, 6.45) is 2.16. The summed E-state index contributed by atoms with van der Waals surface area (Å²) in [4.78, 5) is 60.1. The molecule has 0 aliphatic carbocycles. The van der Waals surface area contributed by atoms with Gasteiger partial charge >= 0.3 is 11.9 Å². The maximum atomic E-state index is 12.9. The van der Waals surface area contributed by atoms with Gasteiger partial charge in [0.25, 0.3) is 0 Å². The molecule has 1 fully saturated rings. The molecule has 8 N–H and O–H groups in total. The number of hydrogen-bond donors (Lipinski definition) is 8. The van der Waals surface area contributed by atoms with Gasteiger partial charge in [0.05, 0.1) is 6.04 Å². The van der Waals surface area contributed by atoms with Crippen molar-refractivity contribution in [2.45, 2.75) is 69.1 Å². The zero-order valence-corrected chi connectivity index (χ0v) is 18.7. The quantitative estimate of drug-likeness (QED) is 0.0994. The van der Waals surface area contributed by atoms with Gasteiger partial charge in [-0.15, -0.1) is 0 Å². The molecular formula is C19H33N5O7S. The molecule has 0 aromatic rings. The molecule has 0 bridgehead atoms. The van der Waals surface area contributed by atoms with Crippen LogP contribution in [-0.2, 0) is 24.0 Å². The summed E-state index contributed by atoms with van der Waals surface area (Å²) in [6.45, 7) is 1.05. The Balaban J connectivity index is 2.89. The minimum absolute atomic E-state index is 0.143. The Hall–Kier alpha value is -2.38. The number of carboxylic acid groups (broad SMARTS) is 2. The molecule has 4 unspecified atom stereocenters. The lowest BCUT2D eigenvalue weighted by Gasteiger charge is -2.25. The molecule has 1 aliphatic rings. The van der Waals surface area contributed by atoms with Gasteiger partial charge < -0.3 is 37.2 Å². The zero-order chi connectivity index (χ0) is 24.1. The van der Waals surface area contributed by atoms with E-state index in [1.165, 1.54) is 0 Å². The maximum Gasteiger partial charge on any atom is 0.327 e. The number of thiol groups is 1. The molecule has 0 aromatic heterocycles. The van der Waals surface area contributed by atoms with Gasteiger partial charge in [0, 0.05) is 12.2 Å². The summed E-state index contributed by atoms with van der Waals surface area (Å²) in [7, 11) is 0. The lowest BCUT2D eigenvalue weighted by molar-refractivity contribution is -0.141. The van der Waals surface area contributed by atoms with Crippen LogP contribution >= 0.6 is 12.6 Å². The Kier molecular flexibility index (Phi) is 12.7. The first-order chi connectivity index (χ1) is 15.2. The zero-order valence-electron chi connectivity index (χ0n) is 17.8. The van der Waals surface area contributed by atoms with E-state index < -0.39 is 53.8 Å². The molecule has 32 heavy (non-hydrogen) atoms. The third-order valence-corrected chi connectivity index (χ3v) is 5.40. The molecule has 3 amide bonds. The standard InChI is InChI=1S/C19H33N5O7S/c20-8-2-1-4-12(17(28)24-14(10-32)19(30)31)22-18(29)13(6-7-15(25)26)23-16(27)11-5-3-9-21-11/h11-14,21,32H,1-10,20H2,(H,22,29)(H,23,27)(H,24,28)(H,25,26)(H,30,31). The minimum Gasteiger partial charge on any atom is -0.481 e. The van der Waals surface area contributed by atoms with Crippen molar-refractivity contribution < 1.29 is 34.2 Å². The average molecular weight is 476 g/mol. The predicted molar refractivity (Wildman–Crippen MR) is 118 cm³/mol. The number of nitrogens with two attached hydrogens (primary N) is 1. The molecule has 1 heterocycles. The number of rotatable bonds is 15. The van der Waals surface area contributed by atoms with Crippen molar-refractivity contribution in [3.8, 4) is 0 Å². The van der Waals surface area contributed by atoms with Crippen LogP contribution in [0.25, 0.3) is 0 Å². The normalized spacial score (nSPS) is 18.2. The minimum atomic E-state index is -1.27. The highest BCUT2D eigenvalue weighted by molar-refractivity contribution is 7.80. The molecule has 1 aliphatic heterocycles. The van der Waals surface area contributed by atoms with Crippen molar-refractivity contribution in [2.75, 3.05) is 18.8 Å². The van der Waals surface area contributed by atoms with Crippen LogP contribution in [0, 0.1) is 0 Å². The topological polar surface area (TPSA) is 200 Å². The lowest BCUT2D eigenvalue weighted by Crippen LogP contribution is -2.57. The van der Waals surface area contributed by atoms with Gasteiger partial charge in [0.15, 0.2) is 0 Å². The van der Waals surface area contributed by atoms with E-state index in [1.807, 2.05) is 0 Å². The second-order valence-electron chi connectivity index (χ2n) is 7.57. The number of carbonyl (C=O) groups is 5. The van der Waals surface area contributed by atoms with Gasteiger partial charge in [-0.25, -0.2) is 4.79 Å². The van der Waals surface area contributed by atoms with Crippen molar-refractivity contribution >= 4 is 42.3 Å². The highest BCUT2D eigenvalue weighted by atomic mass is 32.1. The number of carbonyl (C=O) groups excluding carboxylic acids is 3. The molecule has 0 aromatic carbocycles. The first-order valence-electron chi connectivity index (χ1n) is 10.6. The van der Waals surface area contributed by atoms with E-state index in [4.69, 9.17) is 15.9 Å². The molecule has 1 saturated heterocycles. The summed E-state index contributed by atoms with van der Waals surface area (Å²) in [5.41, 5.74) is 5.48. The Morgan fingerprint density at radius 3 is 2.09 bits per heavy atom. The van der Waals surface area contributed by atoms with Crippen molar-refractivity contribution in [3.63, 3.8) is 0 Å². The maximum absolute atomic E-state index is 12.9. The molecular weight excluding hydrogens is 442 g/mol. The molecule has 182 valence electrons. The van der Waals surface area contributed by atoms with E-state index in [0.717, 1.165) is 6.42 Å². The predicted octanol–water partition coefficient (Wildman–Crippen LogP) is -1.80. The number of aliphatic carboxylic acids is 2. The van der Waals surface area contributed by atoms with Crippen LogP contribution in [0.1, 0.15) is 44.9 Å². The highest BCUT2D eigenvalue weighted by Crippen LogP contribution is 2.08. The SMILES string of the molecule is NCCCCC(NC(=O)C(CCC(=O)O)NC(=O)C1CCCN1)C(=O)NC(CS)C(=O)O. The van der Waals surface area contributed by atoms with E-state index in [0.29, 0.717) is 32.4 Å². The first kappa shape index (κ1) is 27.7. The lowest BCUT2D eigenvalue weighted by atomic mass is 10.1. The van der Waals surface area contributed by atoms with Crippen LogP contribution in [0.15, 0.2) is 0 Å². The van der Waals surface area contributed by atoms with E-state index in [-0.39, 0.29) is 25.0 Å². The van der Waals surface area contributed by atoms with Crippen LogP contribution in [0.4, 0.5) is 0 Å². The molecule has 0 saturated carbocycles. The number of amides is 3. The fourth-order valence-electron chi connectivity index (χ4n) is 3.21. The molecule has 12 nitrogen and oxygen atoms in total. The van der Waals surface area contributed by atoms with Crippen molar-refractivity contribution in [1.82, 2.24) is 21.3 Å². The van der Waals surface area contributed by atoms with Crippen LogP contribution in [0.2, 0.25) is 0 Å². The van der Waals surface area contributed by atoms with Crippen LogP contribution < -0.4 is 27.0 Å². The van der Waals surface area contributed by atoms with Crippen molar-refractivity contribution in [1.29, 1.82) is 0 Å². The first-order valence-corrected chi connectivity index (χ1v) is 11.2. The smallest absolute Gasteiger partial charge is 0.327 e. The molecule has 13 heteroatoms. The highest BCUT2D eigenvalue weighted by Gasteiger charge is 2.31. The van der Waals surface area contributed by atoms with Crippen molar-refractivity contribution in [2.24, 2.45) is 5.73 Å². The second-order valence-corrected chi connectivity index (χ2v) is 7.94. The largest absolute Gasteiger partial charge is 0.481 e. The van der Waals surface area contributed by atoms with E-state index >= 15 is 0 Å². The molecule has 4 atom stereocenters. The molecule has 0 spiro atoms. The van der Waals surface area contributed by atoms with Gasteiger partial charge in [-0.3, -0.25) is 19.2 Å². The van der Waals surface area contributed by atoms with Gasteiger partial charge in [-0.05, 0) is 51.6 Å². The van der Waals surface area contributed by atoms with Crippen molar-refractivity contribution in [3.05, 3.63) is 0 Å². The average Bonchev–Trinajstić information content (AvgIpc) is 3.28. The molecule has 0 radical (unpaired) electrons. The van der Waals surface area contributed by atoms with Crippen LogP contribution in [0.3, 0.4) is 0 Å². The Morgan fingerprint density at radius 1 is 0.969 bits per heavy atom. The fraction of sp³-hybridized carbons (Fsp3) is 0.737. The van der Waals surface area contributed by atoms with Gasteiger partial charge in [-0.1, -0.05) is 0 Å². The Labute approximate surface area is 191 Å². The van der Waals surface area contributed by atoms with E-state index in [2.05, 4.69) is 33.9 Å². The Morgan fingerprint density at radius 2 is 1.59 bits per heavy atom.